The Hall–Kier alpha value is -2.15. The summed E-state index contributed by atoms with van der Waals surface area (Å²) < 4.78 is 5.18. The quantitative estimate of drug-likeness (QED) is 0.728. The Morgan fingerprint density at radius 3 is 2.60 bits per heavy atom. The van der Waals surface area contributed by atoms with Crippen LogP contribution in [0.5, 0.6) is 0 Å². The van der Waals surface area contributed by atoms with Crippen molar-refractivity contribution in [2.75, 3.05) is 19.0 Å². The van der Waals surface area contributed by atoms with Gasteiger partial charge < -0.3 is 20.5 Å². The standard InChI is InChI=1S/C13H19N3O4/c1-13(2,20-3)8-15-12(19)16-10-5-4-9(14-7-10)6-11(17)18/h4-5,7H,6,8H2,1-3H3,(H,17,18)(H2,15,16,19). The monoisotopic (exact) mass is 281 g/mol. The third-order valence-electron chi connectivity index (χ3n) is 2.64. The minimum Gasteiger partial charge on any atom is -0.481 e. The summed E-state index contributed by atoms with van der Waals surface area (Å²) >= 11 is 0. The number of rotatable bonds is 6. The maximum absolute atomic E-state index is 11.6. The van der Waals surface area contributed by atoms with E-state index in [9.17, 15) is 9.59 Å². The van der Waals surface area contributed by atoms with Crippen LogP contribution in [-0.2, 0) is 16.0 Å². The molecule has 0 saturated heterocycles. The van der Waals surface area contributed by atoms with Crippen LogP contribution in [0.1, 0.15) is 19.5 Å². The lowest BCUT2D eigenvalue weighted by atomic mass is 10.1. The highest BCUT2D eigenvalue weighted by molar-refractivity contribution is 5.89. The lowest BCUT2D eigenvalue weighted by molar-refractivity contribution is -0.136. The largest absolute Gasteiger partial charge is 0.481 e. The fourth-order valence-electron chi connectivity index (χ4n) is 1.30. The molecule has 1 heterocycles. The Morgan fingerprint density at radius 1 is 1.40 bits per heavy atom. The molecule has 0 fully saturated rings. The number of carboxylic acid groups (broad SMARTS) is 1. The average Bonchev–Trinajstić information content (AvgIpc) is 2.38. The molecule has 0 aromatic carbocycles. The van der Waals surface area contributed by atoms with Crippen molar-refractivity contribution >= 4 is 17.7 Å². The predicted molar refractivity (Wildman–Crippen MR) is 73.7 cm³/mol. The summed E-state index contributed by atoms with van der Waals surface area (Å²) in [5.41, 5.74) is 0.483. The minimum absolute atomic E-state index is 0.144. The van der Waals surface area contributed by atoms with E-state index in [0.717, 1.165) is 0 Å². The summed E-state index contributed by atoms with van der Waals surface area (Å²) in [6.45, 7) is 4.07. The van der Waals surface area contributed by atoms with E-state index >= 15 is 0 Å². The second kappa shape index (κ2) is 6.85. The van der Waals surface area contributed by atoms with Crippen LogP contribution < -0.4 is 10.6 Å². The number of aromatic nitrogens is 1. The molecule has 0 unspecified atom stereocenters. The van der Waals surface area contributed by atoms with Crippen LogP contribution in [0.3, 0.4) is 0 Å². The lowest BCUT2D eigenvalue weighted by Crippen LogP contribution is -2.41. The second-order valence-electron chi connectivity index (χ2n) is 4.88. The zero-order valence-corrected chi connectivity index (χ0v) is 11.8. The van der Waals surface area contributed by atoms with Gasteiger partial charge in [0.15, 0.2) is 0 Å². The molecule has 110 valence electrons. The number of aliphatic carboxylic acids is 1. The molecule has 0 radical (unpaired) electrons. The molecular formula is C13H19N3O4. The number of pyridine rings is 1. The van der Waals surface area contributed by atoms with Gasteiger partial charge in [-0.25, -0.2) is 4.79 Å². The number of carbonyl (C=O) groups excluding carboxylic acids is 1. The van der Waals surface area contributed by atoms with E-state index in [2.05, 4.69) is 15.6 Å². The molecule has 0 spiro atoms. The number of carbonyl (C=O) groups is 2. The van der Waals surface area contributed by atoms with Crippen LogP contribution in [0.2, 0.25) is 0 Å². The number of urea groups is 1. The van der Waals surface area contributed by atoms with Crippen LogP contribution >= 0.6 is 0 Å². The van der Waals surface area contributed by atoms with Crippen molar-refractivity contribution in [3.63, 3.8) is 0 Å². The summed E-state index contributed by atoms with van der Waals surface area (Å²) in [5, 5.41) is 13.9. The predicted octanol–water partition coefficient (Wildman–Crippen LogP) is 1.26. The fourth-order valence-corrected chi connectivity index (χ4v) is 1.30. The van der Waals surface area contributed by atoms with Gasteiger partial charge in [-0.05, 0) is 26.0 Å². The highest BCUT2D eigenvalue weighted by atomic mass is 16.5. The van der Waals surface area contributed by atoms with E-state index in [1.807, 2.05) is 13.8 Å². The SMILES string of the molecule is COC(C)(C)CNC(=O)Nc1ccc(CC(=O)O)nc1. The van der Waals surface area contributed by atoms with E-state index < -0.39 is 11.6 Å². The third kappa shape index (κ3) is 5.66. The lowest BCUT2D eigenvalue weighted by Gasteiger charge is -2.23. The number of anilines is 1. The van der Waals surface area contributed by atoms with Gasteiger partial charge in [-0.1, -0.05) is 0 Å². The number of nitrogens with one attached hydrogen (secondary N) is 2. The molecule has 3 N–H and O–H groups in total. The van der Waals surface area contributed by atoms with Gasteiger partial charge >= 0.3 is 12.0 Å². The first-order valence-electron chi connectivity index (χ1n) is 6.09. The summed E-state index contributed by atoms with van der Waals surface area (Å²) in [5.74, 6) is -0.947. The Kier molecular flexibility index (Phi) is 5.45. The molecule has 2 amide bonds. The van der Waals surface area contributed by atoms with Gasteiger partial charge in [0.25, 0.3) is 0 Å². The number of carboxylic acids is 1. The van der Waals surface area contributed by atoms with Gasteiger partial charge in [0, 0.05) is 13.7 Å². The van der Waals surface area contributed by atoms with Crippen molar-refractivity contribution in [3.05, 3.63) is 24.0 Å². The first kappa shape index (κ1) is 15.9. The summed E-state index contributed by atoms with van der Waals surface area (Å²) in [7, 11) is 1.57. The molecule has 0 saturated carbocycles. The maximum Gasteiger partial charge on any atom is 0.319 e. The van der Waals surface area contributed by atoms with Crippen LogP contribution in [0.25, 0.3) is 0 Å². The Labute approximate surface area is 117 Å². The van der Waals surface area contributed by atoms with Crippen LogP contribution in [0.4, 0.5) is 10.5 Å². The molecule has 0 aliphatic carbocycles. The van der Waals surface area contributed by atoms with Crippen LogP contribution in [0, 0.1) is 0 Å². The molecule has 0 atom stereocenters. The van der Waals surface area contributed by atoms with Gasteiger partial charge in [0.05, 0.1) is 29.6 Å². The smallest absolute Gasteiger partial charge is 0.319 e. The summed E-state index contributed by atoms with van der Waals surface area (Å²) in [4.78, 5) is 26.1. The molecule has 0 aliphatic rings. The summed E-state index contributed by atoms with van der Waals surface area (Å²) in [6, 6.07) is 2.79. The maximum atomic E-state index is 11.6. The molecular weight excluding hydrogens is 262 g/mol. The van der Waals surface area contributed by atoms with Gasteiger partial charge in [-0.15, -0.1) is 0 Å². The zero-order valence-electron chi connectivity index (χ0n) is 11.8. The number of hydrogen-bond acceptors (Lipinski definition) is 4. The number of amides is 2. The first-order chi connectivity index (χ1) is 9.32. The number of nitrogens with zero attached hydrogens (tertiary/aromatic N) is 1. The Morgan fingerprint density at radius 2 is 2.10 bits per heavy atom. The van der Waals surface area contributed by atoms with Crippen molar-refractivity contribution in [3.8, 4) is 0 Å². The van der Waals surface area contributed by atoms with Crippen LogP contribution in [0.15, 0.2) is 18.3 Å². The molecule has 1 aromatic rings. The van der Waals surface area contributed by atoms with Crippen molar-refractivity contribution in [1.29, 1.82) is 0 Å². The van der Waals surface area contributed by atoms with E-state index in [4.69, 9.17) is 9.84 Å². The van der Waals surface area contributed by atoms with Crippen molar-refractivity contribution in [1.82, 2.24) is 10.3 Å². The van der Waals surface area contributed by atoms with Crippen molar-refractivity contribution in [2.24, 2.45) is 0 Å². The van der Waals surface area contributed by atoms with Gasteiger partial charge in [0.1, 0.15) is 0 Å². The van der Waals surface area contributed by atoms with Crippen molar-refractivity contribution in [2.45, 2.75) is 25.9 Å². The second-order valence-corrected chi connectivity index (χ2v) is 4.88. The molecule has 0 bridgehead atoms. The Bertz CT molecular complexity index is 471. The van der Waals surface area contributed by atoms with Crippen LogP contribution in [-0.4, -0.2) is 41.3 Å². The normalized spacial score (nSPS) is 10.9. The summed E-state index contributed by atoms with van der Waals surface area (Å²) in [6.07, 6.45) is 1.27. The van der Waals surface area contributed by atoms with Crippen molar-refractivity contribution < 1.29 is 19.4 Å². The third-order valence-corrected chi connectivity index (χ3v) is 2.64. The first-order valence-corrected chi connectivity index (χ1v) is 6.09. The number of ether oxygens (including phenoxy) is 1. The van der Waals surface area contributed by atoms with Gasteiger partial charge in [-0.3, -0.25) is 9.78 Å². The van der Waals surface area contributed by atoms with Gasteiger partial charge in [-0.2, -0.15) is 0 Å². The van der Waals surface area contributed by atoms with Gasteiger partial charge in [0.2, 0.25) is 0 Å². The average molecular weight is 281 g/mol. The van der Waals surface area contributed by atoms with E-state index in [1.54, 1.807) is 19.2 Å². The van der Waals surface area contributed by atoms with E-state index in [0.29, 0.717) is 17.9 Å². The molecule has 7 nitrogen and oxygen atoms in total. The number of hydrogen-bond donors (Lipinski definition) is 3. The molecule has 0 aliphatic heterocycles. The van der Waals surface area contributed by atoms with E-state index in [-0.39, 0.29) is 12.5 Å². The molecule has 20 heavy (non-hydrogen) atoms. The molecule has 1 aromatic heterocycles. The molecule has 1 rings (SSSR count). The fraction of sp³-hybridized carbons (Fsp3) is 0.462. The highest BCUT2D eigenvalue weighted by Crippen LogP contribution is 2.08. The zero-order chi connectivity index (χ0) is 15.2. The highest BCUT2D eigenvalue weighted by Gasteiger charge is 2.17. The topological polar surface area (TPSA) is 101 Å². The van der Waals surface area contributed by atoms with E-state index in [1.165, 1.54) is 6.20 Å². The minimum atomic E-state index is -0.947. The number of methoxy groups -OCH3 is 1. The Balaban J connectivity index is 2.48. The molecule has 7 heteroatoms.